The van der Waals surface area contributed by atoms with E-state index in [1.807, 2.05) is 20.8 Å². The average molecular weight is 509 g/mol. The highest BCUT2D eigenvalue weighted by Gasteiger charge is 2.20. The molecule has 0 saturated carbocycles. The molecule has 0 saturated heterocycles. The van der Waals surface area contributed by atoms with E-state index in [2.05, 4.69) is 19.9 Å². The molecule has 36 heavy (non-hydrogen) atoms. The van der Waals surface area contributed by atoms with Crippen LogP contribution in [0.4, 0.5) is 4.39 Å². The van der Waals surface area contributed by atoms with E-state index in [9.17, 15) is 9.18 Å². The van der Waals surface area contributed by atoms with Gasteiger partial charge in [-0.3, -0.25) is 19.3 Å². The number of ether oxygens (including phenoxy) is 1. The topological polar surface area (TPSA) is 109 Å². The van der Waals surface area contributed by atoms with E-state index in [0.717, 1.165) is 5.56 Å². The van der Waals surface area contributed by atoms with Crippen LogP contribution in [0.2, 0.25) is 5.02 Å². The molecule has 10 heteroatoms. The fourth-order valence-corrected chi connectivity index (χ4v) is 3.80. The Morgan fingerprint density at radius 3 is 2.53 bits per heavy atom. The maximum absolute atomic E-state index is 14.1. The van der Waals surface area contributed by atoms with Gasteiger partial charge in [-0.15, -0.1) is 0 Å². The van der Waals surface area contributed by atoms with Gasteiger partial charge < -0.3 is 10.5 Å². The molecule has 0 aliphatic heterocycles. The van der Waals surface area contributed by atoms with Crippen molar-refractivity contribution >= 4 is 11.6 Å². The lowest BCUT2D eigenvalue weighted by Crippen LogP contribution is -2.31. The predicted octanol–water partition coefficient (Wildman–Crippen LogP) is 4.58. The largest absolute Gasteiger partial charge is 0.485 e. The first kappa shape index (κ1) is 25.4. The Morgan fingerprint density at radius 1 is 1.08 bits per heavy atom. The molecule has 8 nitrogen and oxygen atoms in total. The van der Waals surface area contributed by atoms with Crippen molar-refractivity contribution in [2.75, 3.05) is 0 Å². The molecule has 0 atom stereocenters. The van der Waals surface area contributed by atoms with Gasteiger partial charge in [0.25, 0.3) is 5.56 Å². The number of aryl methyl sites for hydroxylation is 3. The number of pyridine rings is 3. The van der Waals surface area contributed by atoms with Gasteiger partial charge in [0.1, 0.15) is 34.7 Å². The zero-order valence-electron chi connectivity index (χ0n) is 20.6. The first-order valence-electron chi connectivity index (χ1n) is 11.2. The summed E-state index contributed by atoms with van der Waals surface area (Å²) in [7, 11) is 0. The summed E-state index contributed by atoms with van der Waals surface area (Å²) in [5.74, 6) is 0.137. The number of hydrogen-bond acceptors (Lipinski definition) is 7. The van der Waals surface area contributed by atoms with Crippen LogP contribution >= 0.6 is 11.6 Å². The van der Waals surface area contributed by atoms with Gasteiger partial charge in [0.15, 0.2) is 0 Å². The van der Waals surface area contributed by atoms with E-state index in [1.165, 1.54) is 10.6 Å². The van der Waals surface area contributed by atoms with Gasteiger partial charge in [-0.1, -0.05) is 11.6 Å². The maximum Gasteiger partial charge on any atom is 0.277 e. The van der Waals surface area contributed by atoms with Gasteiger partial charge >= 0.3 is 0 Å². The van der Waals surface area contributed by atoms with Crippen molar-refractivity contribution in [3.05, 3.63) is 92.4 Å². The van der Waals surface area contributed by atoms with Crippen molar-refractivity contribution in [3.63, 3.8) is 0 Å². The van der Waals surface area contributed by atoms with Crippen LogP contribution in [-0.4, -0.2) is 24.5 Å². The summed E-state index contributed by atoms with van der Waals surface area (Å²) in [5, 5.41) is -0.125. The molecular formula is C26H26ClFN6O2. The van der Waals surface area contributed by atoms with Crippen molar-refractivity contribution in [1.82, 2.24) is 24.5 Å². The lowest BCUT2D eigenvalue weighted by molar-refractivity contribution is 0.293. The Bertz CT molecular complexity index is 1510. The first-order valence-corrected chi connectivity index (χ1v) is 11.6. The summed E-state index contributed by atoms with van der Waals surface area (Å²) >= 11 is 6.41. The van der Waals surface area contributed by atoms with Crippen LogP contribution in [0.1, 0.15) is 42.2 Å². The fourth-order valence-electron chi connectivity index (χ4n) is 3.61. The Kier molecular flexibility index (Phi) is 6.88. The minimum atomic E-state index is -0.725. The molecule has 0 aliphatic carbocycles. The Labute approximate surface area is 213 Å². The Hall–Kier alpha value is -3.69. The predicted molar refractivity (Wildman–Crippen MR) is 136 cm³/mol. The molecule has 4 heterocycles. The number of aromatic nitrogens is 5. The second-order valence-electron chi connectivity index (χ2n) is 9.18. The number of hydrogen-bond donors (Lipinski definition) is 1. The van der Waals surface area contributed by atoms with E-state index in [1.54, 1.807) is 50.6 Å². The Balaban J connectivity index is 1.72. The van der Waals surface area contributed by atoms with Crippen LogP contribution < -0.4 is 16.0 Å². The molecule has 4 rings (SSSR count). The maximum atomic E-state index is 14.1. The highest BCUT2D eigenvalue weighted by Crippen LogP contribution is 2.27. The molecule has 0 spiro atoms. The van der Waals surface area contributed by atoms with Gasteiger partial charge in [-0.25, -0.2) is 14.4 Å². The highest BCUT2D eigenvalue weighted by atomic mass is 35.5. The highest BCUT2D eigenvalue weighted by molar-refractivity contribution is 6.31. The van der Waals surface area contributed by atoms with E-state index in [4.69, 9.17) is 22.1 Å². The minimum absolute atomic E-state index is 0.123. The Morgan fingerprint density at radius 2 is 1.83 bits per heavy atom. The van der Waals surface area contributed by atoms with Crippen LogP contribution in [0.15, 0.2) is 47.7 Å². The van der Waals surface area contributed by atoms with Gasteiger partial charge in [0, 0.05) is 30.4 Å². The molecule has 0 aliphatic rings. The van der Waals surface area contributed by atoms with Crippen molar-refractivity contribution in [2.24, 2.45) is 5.73 Å². The monoisotopic (exact) mass is 508 g/mol. The summed E-state index contributed by atoms with van der Waals surface area (Å²) in [6.07, 6.45) is 4.83. The molecule has 0 amide bonds. The molecule has 0 aromatic carbocycles. The number of nitrogens with two attached hydrogens (primary N) is 1. The third-order valence-electron chi connectivity index (χ3n) is 5.53. The smallest absolute Gasteiger partial charge is 0.277 e. The summed E-state index contributed by atoms with van der Waals surface area (Å²) < 4.78 is 21.3. The molecule has 2 N–H and O–H groups in total. The molecule has 4 aromatic rings. The fraction of sp³-hybridized carbons (Fsp3) is 0.269. The van der Waals surface area contributed by atoms with Crippen molar-refractivity contribution in [2.45, 2.75) is 46.8 Å². The van der Waals surface area contributed by atoms with Crippen LogP contribution in [0, 0.1) is 26.6 Å². The van der Waals surface area contributed by atoms with E-state index in [-0.39, 0.29) is 23.1 Å². The van der Waals surface area contributed by atoms with Gasteiger partial charge in [-0.2, -0.15) is 0 Å². The second kappa shape index (κ2) is 9.75. The van der Waals surface area contributed by atoms with Gasteiger partial charge in [-0.05, 0) is 63.9 Å². The van der Waals surface area contributed by atoms with Crippen molar-refractivity contribution < 1.29 is 9.13 Å². The number of halogens is 2. The lowest BCUT2D eigenvalue weighted by Gasteiger charge is -2.18. The zero-order chi connectivity index (χ0) is 26.2. The SMILES string of the molecule is Cc1cnc(COc2cc(C)n(-c3cc(-c4ccnc(C(C)(C)N)n4)ncc3C)c(=O)c2Cl)c(F)c1. The van der Waals surface area contributed by atoms with E-state index in [0.29, 0.717) is 34.2 Å². The van der Waals surface area contributed by atoms with Crippen LogP contribution in [-0.2, 0) is 12.1 Å². The number of nitrogens with zero attached hydrogens (tertiary/aromatic N) is 5. The van der Waals surface area contributed by atoms with Crippen molar-refractivity contribution in [3.8, 4) is 22.8 Å². The molecular weight excluding hydrogens is 483 g/mol. The number of rotatable bonds is 6. The summed E-state index contributed by atoms with van der Waals surface area (Å²) in [6.45, 7) is 8.82. The average Bonchev–Trinajstić information content (AvgIpc) is 2.82. The lowest BCUT2D eigenvalue weighted by atomic mass is 10.1. The molecule has 0 bridgehead atoms. The zero-order valence-corrected chi connectivity index (χ0v) is 21.4. The molecule has 186 valence electrons. The second-order valence-corrected chi connectivity index (χ2v) is 9.56. The summed E-state index contributed by atoms with van der Waals surface area (Å²) in [5.41, 5.74) is 8.82. The molecule has 4 aromatic heterocycles. The summed E-state index contributed by atoms with van der Waals surface area (Å²) in [4.78, 5) is 30.7. The third-order valence-corrected chi connectivity index (χ3v) is 5.88. The molecule has 0 unspecified atom stereocenters. The van der Waals surface area contributed by atoms with Crippen molar-refractivity contribution in [1.29, 1.82) is 0 Å². The molecule has 0 fully saturated rings. The van der Waals surface area contributed by atoms with Gasteiger partial charge in [0.05, 0.1) is 22.6 Å². The quantitative estimate of drug-likeness (QED) is 0.406. The normalized spacial score (nSPS) is 11.6. The van der Waals surface area contributed by atoms with Crippen LogP contribution in [0.5, 0.6) is 5.75 Å². The minimum Gasteiger partial charge on any atom is -0.485 e. The summed E-state index contributed by atoms with van der Waals surface area (Å²) in [6, 6.07) is 6.50. The van der Waals surface area contributed by atoms with Crippen LogP contribution in [0.25, 0.3) is 17.1 Å². The van der Waals surface area contributed by atoms with Crippen LogP contribution in [0.3, 0.4) is 0 Å². The van der Waals surface area contributed by atoms with Gasteiger partial charge in [0.2, 0.25) is 0 Å². The third kappa shape index (κ3) is 5.12. The first-order chi connectivity index (χ1) is 17.0. The standard InChI is InChI=1S/C26H26ClFN6O2/c1-14-8-17(28)20(31-11-14)13-36-22-9-16(3)34(24(35)23(22)27)21-10-19(32-12-15(21)2)18-6-7-30-25(33-18)26(4,5)29/h6-12H,13,29H2,1-5H3. The van der Waals surface area contributed by atoms with E-state index < -0.39 is 16.9 Å². The molecule has 0 radical (unpaired) electrons. The van der Waals surface area contributed by atoms with E-state index >= 15 is 0 Å².